The maximum Gasteiger partial charge on any atom is 0.490 e. The van der Waals surface area contributed by atoms with E-state index in [1.807, 2.05) is 5.43 Å². The summed E-state index contributed by atoms with van der Waals surface area (Å²) in [4.78, 5) is 44.1. The lowest BCUT2D eigenvalue weighted by Gasteiger charge is -2.25. The van der Waals surface area contributed by atoms with Crippen LogP contribution in [0.3, 0.4) is 0 Å². The lowest BCUT2D eigenvalue weighted by atomic mass is 10.1. The van der Waals surface area contributed by atoms with Crippen molar-refractivity contribution in [3.63, 3.8) is 0 Å². The Morgan fingerprint density at radius 2 is 1.90 bits per heavy atom. The average molecular weight is 430 g/mol. The summed E-state index contributed by atoms with van der Waals surface area (Å²) in [6.07, 6.45) is -3.69. The van der Waals surface area contributed by atoms with Gasteiger partial charge in [-0.25, -0.2) is 19.7 Å². The Bertz CT molecular complexity index is 631. The van der Waals surface area contributed by atoms with Crippen molar-refractivity contribution < 1.29 is 42.8 Å². The number of nitrogens with two attached hydrogens (primary N) is 1. The van der Waals surface area contributed by atoms with Gasteiger partial charge in [0.15, 0.2) is 17.0 Å². The largest absolute Gasteiger partial charge is 0.490 e. The molecule has 0 aromatic carbocycles. The van der Waals surface area contributed by atoms with Gasteiger partial charge in [0.2, 0.25) is 0 Å². The maximum absolute atomic E-state index is 12.3. The quantitative estimate of drug-likeness (QED) is 0.0918. The van der Waals surface area contributed by atoms with Gasteiger partial charge in [0.1, 0.15) is 6.04 Å². The van der Waals surface area contributed by atoms with Crippen LogP contribution < -0.4 is 16.5 Å². The Morgan fingerprint density at radius 3 is 2.31 bits per heavy atom. The molecule has 1 fully saturated rings. The first-order valence-corrected chi connectivity index (χ1v) is 8.09. The Labute approximate surface area is 161 Å². The van der Waals surface area contributed by atoms with E-state index in [1.165, 1.54) is 4.90 Å². The van der Waals surface area contributed by atoms with Gasteiger partial charge in [-0.3, -0.25) is 10.2 Å². The van der Waals surface area contributed by atoms with Crippen LogP contribution in [0.1, 0.15) is 25.7 Å². The molecule has 0 bridgehead atoms. The number of guanidine groups is 1. The molecule has 1 amide bonds. The standard InChI is InChI=1S/C11H20N6O5.C2HF3O2/c12-11(13)14-5-1-3-7(15-17(21)22)9(18)16-6-2-4-8(16)10(19)20;3-2(4,5)1(6)7/h7-8,15H,1-6H2,(H,19,20)(H4,12,13,14);(H,6,7). The number of carboxylic acid groups (broad SMARTS) is 2. The fourth-order valence-corrected chi connectivity index (χ4v) is 2.39. The summed E-state index contributed by atoms with van der Waals surface area (Å²) >= 11 is 0. The van der Waals surface area contributed by atoms with Crippen LogP contribution in [0, 0.1) is 15.5 Å². The smallest absolute Gasteiger partial charge is 0.480 e. The molecule has 1 aliphatic heterocycles. The topological polar surface area (TPSA) is 212 Å². The fraction of sp³-hybridized carbons (Fsp3) is 0.692. The molecule has 16 heteroatoms. The van der Waals surface area contributed by atoms with Gasteiger partial charge in [0.25, 0.3) is 5.91 Å². The number of nitrogens with one attached hydrogen (secondary N) is 3. The summed E-state index contributed by atoms with van der Waals surface area (Å²) in [5, 5.41) is 35.5. The average Bonchev–Trinajstić information content (AvgIpc) is 3.06. The number of halogens is 3. The van der Waals surface area contributed by atoms with E-state index in [0.29, 0.717) is 25.8 Å². The van der Waals surface area contributed by atoms with Crippen molar-refractivity contribution in [2.45, 2.75) is 43.9 Å². The number of hydrazine groups is 1. The zero-order chi connectivity index (χ0) is 22.8. The van der Waals surface area contributed by atoms with E-state index in [2.05, 4.69) is 5.32 Å². The minimum atomic E-state index is -5.08. The zero-order valence-corrected chi connectivity index (χ0v) is 14.9. The van der Waals surface area contributed by atoms with E-state index in [1.54, 1.807) is 0 Å². The molecule has 1 heterocycles. The van der Waals surface area contributed by atoms with Gasteiger partial charge < -0.3 is 26.2 Å². The van der Waals surface area contributed by atoms with Crippen molar-refractivity contribution >= 4 is 23.8 Å². The van der Waals surface area contributed by atoms with Gasteiger partial charge in [-0.05, 0) is 25.7 Å². The highest BCUT2D eigenvalue weighted by Gasteiger charge is 2.39. The number of rotatable bonds is 8. The molecule has 0 aromatic heterocycles. The molecule has 7 N–H and O–H groups in total. The SMILES string of the molecule is N=C(N)NCCCC(N[N+](=O)[O-])C(=O)N1CCCC1C(=O)O.O=C(O)C(F)(F)F. The van der Waals surface area contributed by atoms with Gasteiger partial charge >= 0.3 is 18.1 Å². The molecule has 1 saturated heterocycles. The molecule has 29 heavy (non-hydrogen) atoms. The Hall–Kier alpha value is -3.33. The van der Waals surface area contributed by atoms with Crippen molar-refractivity contribution in [1.29, 1.82) is 5.41 Å². The van der Waals surface area contributed by atoms with Crippen molar-refractivity contribution in [3.8, 4) is 0 Å². The number of carboxylic acids is 2. The normalized spacial score (nSPS) is 16.8. The lowest BCUT2D eigenvalue weighted by Crippen LogP contribution is -2.51. The Kier molecular flexibility index (Phi) is 10.2. The Balaban J connectivity index is 0.000000956. The molecule has 166 valence electrons. The molecule has 2 unspecified atom stereocenters. The third-order valence-electron chi connectivity index (χ3n) is 3.61. The lowest BCUT2D eigenvalue weighted by molar-refractivity contribution is -0.548. The summed E-state index contributed by atoms with van der Waals surface area (Å²) in [6, 6.07) is -2.04. The minimum absolute atomic E-state index is 0.128. The van der Waals surface area contributed by atoms with E-state index in [0.717, 1.165) is 0 Å². The fourth-order valence-electron chi connectivity index (χ4n) is 2.39. The maximum atomic E-state index is 12.3. The first kappa shape index (κ1) is 25.7. The molecular weight excluding hydrogens is 409 g/mol. The summed E-state index contributed by atoms with van der Waals surface area (Å²) in [7, 11) is 0. The van der Waals surface area contributed by atoms with E-state index < -0.39 is 41.1 Å². The summed E-state index contributed by atoms with van der Waals surface area (Å²) in [6.45, 7) is 0.568. The van der Waals surface area contributed by atoms with Crippen LogP contribution in [-0.4, -0.2) is 75.3 Å². The predicted molar refractivity (Wildman–Crippen MR) is 89.1 cm³/mol. The molecule has 13 nitrogen and oxygen atoms in total. The van der Waals surface area contributed by atoms with Crippen LogP contribution in [0.25, 0.3) is 0 Å². The van der Waals surface area contributed by atoms with Crippen LogP contribution in [0.2, 0.25) is 0 Å². The number of alkyl halides is 3. The number of carbonyl (C=O) groups excluding carboxylic acids is 1. The van der Waals surface area contributed by atoms with E-state index in [4.69, 9.17) is 26.2 Å². The second-order valence-electron chi connectivity index (χ2n) is 5.75. The molecule has 2 atom stereocenters. The van der Waals surface area contributed by atoms with Gasteiger partial charge in [0.05, 0.1) is 0 Å². The third-order valence-corrected chi connectivity index (χ3v) is 3.61. The summed E-state index contributed by atoms with van der Waals surface area (Å²) in [5.74, 6) is -4.68. The van der Waals surface area contributed by atoms with Crippen LogP contribution >= 0.6 is 0 Å². The number of nitro groups is 1. The highest BCUT2D eigenvalue weighted by molar-refractivity contribution is 5.87. The van der Waals surface area contributed by atoms with E-state index in [9.17, 15) is 32.9 Å². The summed E-state index contributed by atoms with van der Waals surface area (Å²) < 4.78 is 31.7. The number of aliphatic carboxylic acids is 2. The molecular formula is C13H21F3N6O7. The third kappa shape index (κ3) is 9.96. The molecule has 0 spiro atoms. The molecule has 0 aromatic rings. The molecule has 0 saturated carbocycles. The van der Waals surface area contributed by atoms with E-state index >= 15 is 0 Å². The highest BCUT2D eigenvalue weighted by atomic mass is 19.4. The van der Waals surface area contributed by atoms with Crippen molar-refractivity contribution in [2.75, 3.05) is 13.1 Å². The van der Waals surface area contributed by atoms with Crippen LogP contribution in [0.5, 0.6) is 0 Å². The number of nitrogens with zero attached hydrogens (tertiary/aromatic N) is 2. The van der Waals surface area contributed by atoms with Gasteiger partial charge in [-0.15, -0.1) is 5.43 Å². The van der Waals surface area contributed by atoms with Gasteiger partial charge in [-0.2, -0.15) is 13.2 Å². The number of carbonyl (C=O) groups is 3. The zero-order valence-electron chi connectivity index (χ0n) is 14.9. The first-order valence-electron chi connectivity index (χ1n) is 8.09. The van der Waals surface area contributed by atoms with Gasteiger partial charge in [0, 0.05) is 13.1 Å². The van der Waals surface area contributed by atoms with Crippen molar-refractivity contribution in [2.24, 2.45) is 5.73 Å². The molecule has 0 radical (unpaired) electrons. The Morgan fingerprint density at radius 1 is 1.34 bits per heavy atom. The number of hydrogen-bond acceptors (Lipinski definition) is 6. The van der Waals surface area contributed by atoms with Crippen LogP contribution in [0.15, 0.2) is 0 Å². The molecule has 1 aliphatic rings. The van der Waals surface area contributed by atoms with Crippen LogP contribution in [0.4, 0.5) is 13.2 Å². The van der Waals surface area contributed by atoms with Crippen LogP contribution in [-0.2, 0) is 14.4 Å². The second-order valence-corrected chi connectivity index (χ2v) is 5.75. The highest BCUT2D eigenvalue weighted by Crippen LogP contribution is 2.19. The van der Waals surface area contributed by atoms with Crippen molar-refractivity contribution in [1.82, 2.24) is 15.6 Å². The number of amides is 1. The number of likely N-dealkylation sites (tertiary alicyclic amines) is 1. The summed E-state index contributed by atoms with van der Waals surface area (Å²) in [5.41, 5.74) is 7.04. The predicted octanol–water partition coefficient (Wildman–Crippen LogP) is -0.892. The minimum Gasteiger partial charge on any atom is -0.480 e. The van der Waals surface area contributed by atoms with E-state index in [-0.39, 0.29) is 18.9 Å². The second kappa shape index (κ2) is 11.5. The number of hydrogen-bond donors (Lipinski definition) is 6. The van der Waals surface area contributed by atoms with Crippen molar-refractivity contribution in [3.05, 3.63) is 10.1 Å². The monoisotopic (exact) mass is 430 g/mol. The first-order chi connectivity index (χ1) is 13.3. The molecule has 1 rings (SSSR count). The van der Waals surface area contributed by atoms with Gasteiger partial charge in [-0.1, -0.05) is 0 Å². The molecule has 0 aliphatic carbocycles.